The lowest BCUT2D eigenvalue weighted by Gasteiger charge is -2.33. The van der Waals surface area contributed by atoms with E-state index in [1.165, 1.54) is 0 Å². The number of rotatable bonds is 3. The molecule has 1 heterocycles. The lowest BCUT2D eigenvalue weighted by molar-refractivity contribution is 0.202. The first kappa shape index (κ1) is 13.7. The van der Waals surface area contributed by atoms with Crippen LogP contribution in [-0.2, 0) is 0 Å². The molecule has 0 amide bonds. The van der Waals surface area contributed by atoms with Crippen LogP contribution in [0.15, 0.2) is 12.1 Å². The molecule has 4 nitrogen and oxygen atoms in total. The lowest BCUT2D eigenvalue weighted by atomic mass is 9.97. The van der Waals surface area contributed by atoms with Gasteiger partial charge in [0.05, 0.1) is 0 Å². The number of hydrogen-bond acceptors (Lipinski definition) is 3. The van der Waals surface area contributed by atoms with Crippen molar-refractivity contribution in [2.75, 3.05) is 24.6 Å². The summed E-state index contributed by atoms with van der Waals surface area (Å²) >= 11 is 0. The Morgan fingerprint density at radius 1 is 1.32 bits per heavy atom. The van der Waals surface area contributed by atoms with Gasteiger partial charge in [0, 0.05) is 25.3 Å². The normalized spacial score (nSPS) is 16.7. The van der Waals surface area contributed by atoms with Crippen LogP contribution in [0.5, 0.6) is 0 Å². The van der Waals surface area contributed by atoms with Crippen molar-refractivity contribution in [2.45, 2.75) is 12.8 Å². The van der Waals surface area contributed by atoms with E-state index in [-0.39, 0.29) is 29.6 Å². The van der Waals surface area contributed by atoms with Gasteiger partial charge in [-0.05, 0) is 30.9 Å². The summed E-state index contributed by atoms with van der Waals surface area (Å²) in [4.78, 5) is 1.64. The van der Waals surface area contributed by atoms with Gasteiger partial charge in [0.15, 0.2) is 0 Å². The molecule has 0 radical (unpaired) electrons. The highest BCUT2D eigenvalue weighted by Crippen LogP contribution is 2.29. The summed E-state index contributed by atoms with van der Waals surface area (Å²) in [6.07, 6.45) is 1.42. The Morgan fingerprint density at radius 3 is 2.26 bits per heavy atom. The van der Waals surface area contributed by atoms with Gasteiger partial charge in [0.2, 0.25) is 0 Å². The monoisotopic (exact) mass is 269 g/mol. The molecule has 1 aromatic carbocycles. The summed E-state index contributed by atoms with van der Waals surface area (Å²) in [6.45, 7) is 1.14. The van der Waals surface area contributed by atoms with E-state index in [4.69, 9.17) is 16.2 Å². The number of aliphatic hydroxyl groups is 1. The van der Waals surface area contributed by atoms with E-state index >= 15 is 0 Å². The molecule has 0 bridgehead atoms. The number of nitrogens with one attached hydrogen (secondary N) is 1. The predicted molar refractivity (Wildman–Crippen MR) is 69.4 cm³/mol. The molecule has 1 aromatic rings. The molecule has 1 fully saturated rings. The van der Waals surface area contributed by atoms with Crippen LogP contribution in [0, 0.1) is 23.0 Å². The van der Waals surface area contributed by atoms with Crippen molar-refractivity contribution >= 4 is 11.5 Å². The number of nitrogens with zero attached hydrogens (tertiary/aromatic N) is 1. The second-order valence-electron chi connectivity index (χ2n) is 4.82. The maximum atomic E-state index is 14.0. The number of piperidine rings is 1. The van der Waals surface area contributed by atoms with Gasteiger partial charge < -0.3 is 15.7 Å². The second kappa shape index (κ2) is 5.52. The van der Waals surface area contributed by atoms with E-state index in [0.29, 0.717) is 25.9 Å². The van der Waals surface area contributed by atoms with Gasteiger partial charge in [0.1, 0.15) is 23.2 Å². The van der Waals surface area contributed by atoms with E-state index in [9.17, 15) is 8.78 Å². The molecule has 6 heteroatoms. The predicted octanol–water partition coefficient (Wildman–Crippen LogP) is 1.46. The van der Waals surface area contributed by atoms with Crippen molar-refractivity contribution in [1.29, 1.82) is 5.41 Å². The van der Waals surface area contributed by atoms with Crippen LogP contribution in [0.4, 0.5) is 14.5 Å². The summed E-state index contributed by atoms with van der Waals surface area (Å²) < 4.78 is 27.9. The van der Waals surface area contributed by atoms with Crippen LogP contribution in [0.1, 0.15) is 18.4 Å². The van der Waals surface area contributed by atoms with Crippen LogP contribution in [0.2, 0.25) is 0 Å². The van der Waals surface area contributed by atoms with Gasteiger partial charge in [0.25, 0.3) is 0 Å². The molecule has 0 aromatic heterocycles. The summed E-state index contributed by atoms with van der Waals surface area (Å²) in [5, 5.41) is 16.2. The third kappa shape index (κ3) is 2.84. The zero-order chi connectivity index (χ0) is 14.0. The number of benzene rings is 1. The van der Waals surface area contributed by atoms with Crippen LogP contribution < -0.4 is 10.6 Å². The third-order valence-electron chi connectivity index (χ3n) is 3.52. The Hall–Kier alpha value is -1.69. The number of anilines is 1. The summed E-state index contributed by atoms with van der Waals surface area (Å²) in [5.41, 5.74) is 5.20. The van der Waals surface area contributed by atoms with Crippen molar-refractivity contribution < 1.29 is 13.9 Å². The molecule has 0 unspecified atom stereocenters. The largest absolute Gasteiger partial charge is 0.396 e. The number of amidine groups is 1. The van der Waals surface area contributed by atoms with Crippen LogP contribution in [-0.4, -0.2) is 30.6 Å². The first-order chi connectivity index (χ1) is 9.02. The van der Waals surface area contributed by atoms with Gasteiger partial charge in [-0.15, -0.1) is 0 Å². The van der Waals surface area contributed by atoms with Gasteiger partial charge in [-0.3, -0.25) is 5.41 Å². The molecular weight excluding hydrogens is 252 g/mol. The van der Waals surface area contributed by atoms with Gasteiger partial charge in [-0.2, -0.15) is 0 Å². The zero-order valence-corrected chi connectivity index (χ0v) is 10.5. The van der Waals surface area contributed by atoms with E-state index in [0.717, 1.165) is 12.1 Å². The van der Waals surface area contributed by atoms with Crippen molar-refractivity contribution in [3.05, 3.63) is 29.3 Å². The van der Waals surface area contributed by atoms with Crippen LogP contribution in [0.25, 0.3) is 0 Å². The lowest BCUT2D eigenvalue weighted by Crippen LogP contribution is -2.36. The third-order valence-corrected chi connectivity index (χ3v) is 3.52. The van der Waals surface area contributed by atoms with Crippen molar-refractivity contribution in [2.24, 2.45) is 11.7 Å². The van der Waals surface area contributed by atoms with Crippen molar-refractivity contribution in [3.63, 3.8) is 0 Å². The fraction of sp³-hybridized carbons (Fsp3) is 0.462. The molecule has 0 atom stereocenters. The number of halogens is 2. The molecule has 0 spiro atoms. The van der Waals surface area contributed by atoms with Crippen molar-refractivity contribution in [3.8, 4) is 0 Å². The standard InChI is InChI=1S/C13H17F2N3O/c14-10-5-9(13(16)17)6-11(15)12(10)18-3-1-8(7-19)2-4-18/h5-6,8,19H,1-4,7H2,(H3,16,17). The topological polar surface area (TPSA) is 73.3 Å². The first-order valence-electron chi connectivity index (χ1n) is 6.22. The van der Waals surface area contributed by atoms with E-state index in [1.807, 2.05) is 0 Å². The highest BCUT2D eigenvalue weighted by molar-refractivity contribution is 5.95. The van der Waals surface area contributed by atoms with Gasteiger partial charge >= 0.3 is 0 Å². The average Bonchev–Trinajstić information content (AvgIpc) is 2.38. The van der Waals surface area contributed by atoms with Gasteiger partial charge in [-0.1, -0.05) is 0 Å². The molecule has 1 aliphatic rings. The number of nitrogen functional groups attached to an aromatic ring is 1. The molecule has 4 N–H and O–H groups in total. The maximum Gasteiger partial charge on any atom is 0.150 e. The molecule has 1 aliphatic heterocycles. The summed E-state index contributed by atoms with van der Waals surface area (Å²) in [6, 6.07) is 2.16. The average molecular weight is 269 g/mol. The Bertz CT molecular complexity index is 462. The minimum absolute atomic E-state index is 0.0454. The zero-order valence-electron chi connectivity index (χ0n) is 10.5. The van der Waals surface area contributed by atoms with E-state index < -0.39 is 11.6 Å². The minimum Gasteiger partial charge on any atom is -0.396 e. The SMILES string of the molecule is N=C(N)c1cc(F)c(N2CCC(CO)CC2)c(F)c1. The highest BCUT2D eigenvalue weighted by atomic mass is 19.1. The molecule has 0 aliphatic carbocycles. The summed E-state index contributed by atoms with van der Waals surface area (Å²) in [5.74, 6) is -1.55. The molecule has 2 rings (SSSR count). The number of hydrogen-bond donors (Lipinski definition) is 3. The quantitative estimate of drug-likeness (QED) is 0.574. The van der Waals surface area contributed by atoms with Crippen LogP contribution in [0.3, 0.4) is 0 Å². The van der Waals surface area contributed by atoms with E-state index in [1.54, 1.807) is 4.90 Å². The second-order valence-corrected chi connectivity index (χ2v) is 4.82. The smallest absolute Gasteiger partial charge is 0.150 e. The maximum absolute atomic E-state index is 14.0. The van der Waals surface area contributed by atoms with Crippen LogP contribution >= 0.6 is 0 Å². The molecular formula is C13H17F2N3O. The Morgan fingerprint density at radius 2 is 1.84 bits per heavy atom. The van der Waals surface area contributed by atoms with Gasteiger partial charge in [-0.25, -0.2) is 8.78 Å². The fourth-order valence-electron chi connectivity index (χ4n) is 2.36. The molecule has 1 saturated heterocycles. The minimum atomic E-state index is -0.701. The molecule has 0 saturated carbocycles. The Kier molecular flexibility index (Phi) is 3.99. The molecule has 104 valence electrons. The Balaban J connectivity index is 2.24. The number of nitrogens with two attached hydrogens (primary N) is 1. The Labute approximate surface area is 110 Å². The fourth-order valence-corrected chi connectivity index (χ4v) is 2.36. The summed E-state index contributed by atoms with van der Waals surface area (Å²) in [7, 11) is 0. The first-order valence-corrected chi connectivity index (χ1v) is 6.22. The van der Waals surface area contributed by atoms with Crippen molar-refractivity contribution in [1.82, 2.24) is 0 Å². The highest BCUT2D eigenvalue weighted by Gasteiger charge is 2.24. The van der Waals surface area contributed by atoms with E-state index in [2.05, 4.69) is 0 Å². The number of aliphatic hydroxyl groups excluding tert-OH is 1. The molecule has 19 heavy (non-hydrogen) atoms.